The van der Waals surface area contributed by atoms with Crippen molar-refractivity contribution in [2.24, 2.45) is 0 Å². The van der Waals surface area contributed by atoms with Gasteiger partial charge in [0.25, 0.3) is 5.56 Å². The number of esters is 1. The average Bonchev–Trinajstić information content (AvgIpc) is 2.28. The van der Waals surface area contributed by atoms with Gasteiger partial charge in [-0.05, 0) is 6.92 Å². The number of carbonyl (C=O) groups is 1. The number of H-pyrrole nitrogens is 1. The number of hydrogen-bond donors (Lipinski definition) is 1. The van der Waals surface area contributed by atoms with Gasteiger partial charge in [0, 0.05) is 18.9 Å². The second kappa shape index (κ2) is 6.00. The molecule has 94 valence electrons. The molecule has 17 heavy (non-hydrogen) atoms. The maximum absolute atomic E-state index is 11.5. The second-order valence-corrected chi connectivity index (χ2v) is 3.21. The summed E-state index contributed by atoms with van der Waals surface area (Å²) in [4.78, 5) is 35.6. The molecule has 1 unspecified atom stereocenters. The van der Waals surface area contributed by atoms with E-state index in [9.17, 15) is 14.4 Å². The van der Waals surface area contributed by atoms with Gasteiger partial charge in [-0.1, -0.05) is 0 Å². The standard InChI is InChI=1S/C10H14N2O5/c1-3-17-8(6-9(14)16-2)12-5-4-7(13)11-10(12)15/h4-5,8H,3,6H2,1-2H3,(H,11,13,15). The lowest BCUT2D eigenvalue weighted by Gasteiger charge is -2.17. The van der Waals surface area contributed by atoms with E-state index in [4.69, 9.17) is 4.74 Å². The monoisotopic (exact) mass is 242 g/mol. The first-order valence-electron chi connectivity index (χ1n) is 5.08. The van der Waals surface area contributed by atoms with E-state index in [1.807, 2.05) is 0 Å². The number of methoxy groups -OCH3 is 1. The zero-order valence-corrected chi connectivity index (χ0v) is 9.63. The molecule has 7 nitrogen and oxygen atoms in total. The molecule has 0 radical (unpaired) electrons. The maximum atomic E-state index is 11.5. The van der Waals surface area contributed by atoms with Crippen LogP contribution in [0.4, 0.5) is 0 Å². The molecular formula is C10H14N2O5. The highest BCUT2D eigenvalue weighted by Crippen LogP contribution is 2.10. The van der Waals surface area contributed by atoms with E-state index >= 15 is 0 Å². The van der Waals surface area contributed by atoms with Crippen LogP contribution < -0.4 is 11.2 Å². The number of hydrogen-bond acceptors (Lipinski definition) is 5. The van der Waals surface area contributed by atoms with E-state index in [0.29, 0.717) is 6.61 Å². The first-order valence-corrected chi connectivity index (χ1v) is 5.08. The second-order valence-electron chi connectivity index (χ2n) is 3.21. The van der Waals surface area contributed by atoms with E-state index in [-0.39, 0.29) is 6.42 Å². The lowest BCUT2D eigenvalue weighted by molar-refractivity contribution is -0.146. The van der Waals surface area contributed by atoms with E-state index < -0.39 is 23.4 Å². The molecular weight excluding hydrogens is 228 g/mol. The third kappa shape index (κ3) is 3.56. The van der Waals surface area contributed by atoms with Crippen LogP contribution in [0.1, 0.15) is 19.6 Å². The summed E-state index contributed by atoms with van der Waals surface area (Å²) in [5.74, 6) is -0.499. The predicted octanol–water partition coefficient (Wildman–Crippen LogP) is -0.365. The van der Waals surface area contributed by atoms with Crippen LogP contribution in [0.25, 0.3) is 0 Å². The van der Waals surface area contributed by atoms with Crippen molar-refractivity contribution < 1.29 is 14.3 Å². The third-order valence-corrected chi connectivity index (χ3v) is 2.09. The van der Waals surface area contributed by atoms with Gasteiger partial charge < -0.3 is 9.47 Å². The fourth-order valence-corrected chi connectivity index (χ4v) is 1.31. The van der Waals surface area contributed by atoms with Crippen LogP contribution in [0, 0.1) is 0 Å². The van der Waals surface area contributed by atoms with Crippen LogP contribution in [0.5, 0.6) is 0 Å². The molecule has 1 heterocycles. The number of ether oxygens (including phenoxy) is 2. The van der Waals surface area contributed by atoms with Crippen molar-refractivity contribution in [1.82, 2.24) is 9.55 Å². The van der Waals surface area contributed by atoms with Crippen LogP contribution in [0.15, 0.2) is 21.9 Å². The zero-order valence-electron chi connectivity index (χ0n) is 9.63. The van der Waals surface area contributed by atoms with Crippen LogP contribution >= 0.6 is 0 Å². The van der Waals surface area contributed by atoms with Crippen molar-refractivity contribution in [2.45, 2.75) is 19.6 Å². The van der Waals surface area contributed by atoms with E-state index in [1.165, 1.54) is 19.4 Å². The number of carbonyl (C=O) groups excluding carboxylic acids is 1. The largest absolute Gasteiger partial charge is 0.469 e. The minimum Gasteiger partial charge on any atom is -0.469 e. The highest BCUT2D eigenvalue weighted by molar-refractivity contribution is 5.69. The van der Waals surface area contributed by atoms with E-state index in [1.54, 1.807) is 6.92 Å². The molecule has 1 aromatic rings. The van der Waals surface area contributed by atoms with E-state index in [2.05, 4.69) is 9.72 Å². The van der Waals surface area contributed by atoms with Crippen LogP contribution in [-0.4, -0.2) is 29.2 Å². The van der Waals surface area contributed by atoms with Crippen molar-refractivity contribution in [2.75, 3.05) is 13.7 Å². The van der Waals surface area contributed by atoms with Gasteiger partial charge in [-0.15, -0.1) is 0 Å². The molecule has 0 aliphatic rings. The summed E-state index contributed by atoms with van der Waals surface area (Å²) >= 11 is 0. The first-order chi connectivity index (χ1) is 8.08. The van der Waals surface area contributed by atoms with E-state index in [0.717, 1.165) is 4.57 Å². The quantitative estimate of drug-likeness (QED) is 0.712. The summed E-state index contributed by atoms with van der Waals surface area (Å²) in [6, 6.07) is 1.19. The Kier molecular flexibility index (Phi) is 4.65. The molecule has 1 aromatic heterocycles. The van der Waals surface area contributed by atoms with Crippen LogP contribution in [0.2, 0.25) is 0 Å². The Morgan fingerprint density at radius 2 is 2.24 bits per heavy atom. The molecule has 1 N–H and O–H groups in total. The van der Waals surface area contributed by atoms with Gasteiger partial charge in [0.05, 0.1) is 13.5 Å². The molecule has 0 aromatic carbocycles. The molecule has 7 heteroatoms. The minimum atomic E-state index is -0.781. The lowest BCUT2D eigenvalue weighted by Crippen LogP contribution is -2.33. The zero-order chi connectivity index (χ0) is 12.8. The summed E-state index contributed by atoms with van der Waals surface area (Å²) in [5.41, 5.74) is -1.13. The van der Waals surface area contributed by atoms with Gasteiger partial charge in [0.2, 0.25) is 0 Å². The normalized spacial score (nSPS) is 12.1. The summed E-state index contributed by atoms with van der Waals surface area (Å²) in [7, 11) is 1.25. The van der Waals surface area contributed by atoms with Crippen molar-refractivity contribution >= 4 is 5.97 Å². The van der Waals surface area contributed by atoms with Gasteiger partial charge in [0.1, 0.15) is 6.23 Å². The Morgan fingerprint density at radius 1 is 1.53 bits per heavy atom. The lowest BCUT2D eigenvalue weighted by atomic mass is 10.3. The summed E-state index contributed by atoms with van der Waals surface area (Å²) in [5, 5.41) is 0. The average molecular weight is 242 g/mol. The van der Waals surface area contributed by atoms with Crippen molar-refractivity contribution in [3.8, 4) is 0 Å². The number of nitrogens with one attached hydrogen (secondary N) is 1. The Morgan fingerprint density at radius 3 is 2.76 bits per heavy atom. The number of aromatic nitrogens is 2. The molecule has 0 spiro atoms. The first kappa shape index (κ1) is 13.2. The number of nitrogens with zero attached hydrogens (tertiary/aromatic N) is 1. The van der Waals surface area contributed by atoms with Gasteiger partial charge in [0.15, 0.2) is 0 Å². The molecule has 1 atom stereocenters. The predicted molar refractivity (Wildman–Crippen MR) is 58.6 cm³/mol. The van der Waals surface area contributed by atoms with Crippen molar-refractivity contribution in [3.63, 3.8) is 0 Å². The fraction of sp³-hybridized carbons (Fsp3) is 0.500. The van der Waals surface area contributed by atoms with Gasteiger partial charge in [-0.2, -0.15) is 0 Å². The Hall–Kier alpha value is -1.89. The number of aromatic amines is 1. The highest BCUT2D eigenvalue weighted by atomic mass is 16.5. The molecule has 0 saturated carbocycles. The Balaban J connectivity index is 3.00. The van der Waals surface area contributed by atoms with Crippen LogP contribution in [0.3, 0.4) is 0 Å². The SMILES string of the molecule is CCOC(CC(=O)OC)n1ccc(=O)[nH]c1=O. The molecule has 0 saturated heterocycles. The molecule has 0 bridgehead atoms. The van der Waals surface area contributed by atoms with Gasteiger partial charge >= 0.3 is 11.7 Å². The summed E-state index contributed by atoms with van der Waals surface area (Å²) in [6.07, 6.45) is 0.401. The van der Waals surface area contributed by atoms with Crippen LogP contribution in [-0.2, 0) is 14.3 Å². The summed E-state index contributed by atoms with van der Waals surface area (Å²) in [6.45, 7) is 2.06. The van der Waals surface area contributed by atoms with Gasteiger partial charge in [-0.25, -0.2) is 4.79 Å². The molecule has 0 aliphatic carbocycles. The Bertz CT molecular complexity index is 490. The molecule has 0 aliphatic heterocycles. The maximum Gasteiger partial charge on any atom is 0.330 e. The molecule has 0 fully saturated rings. The van der Waals surface area contributed by atoms with Crippen molar-refractivity contribution in [1.29, 1.82) is 0 Å². The summed E-state index contributed by atoms with van der Waals surface area (Å²) < 4.78 is 10.9. The molecule has 1 rings (SSSR count). The smallest absolute Gasteiger partial charge is 0.330 e. The highest BCUT2D eigenvalue weighted by Gasteiger charge is 2.17. The number of rotatable bonds is 5. The van der Waals surface area contributed by atoms with Crippen molar-refractivity contribution in [3.05, 3.63) is 33.1 Å². The Labute approximate surface area is 97.0 Å². The third-order valence-electron chi connectivity index (χ3n) is 2.09. The topological polar surface area (TPSA) is 90.4 Å². The minimum absolute atomic E-state index is 0.101. The van der Waals surface area contributed by atoms with Gasteiger partial charge in [-0.3, -0.25) is 19.1 Å². The fourth-order valence-electron chi connectivity index (χ4n) is 1.31. The molecule has 0 amide bonds.